The van der Waals surface area contributed by atoms with Gasteiger partial charge in [0.2, 0.25) is 0 Å². The average Bonchev–Trinajstić information content (AvgIpc) is 2.18. The summed E-state index contributed by atoms with van der Waals surface area (Å²) >= 11 is 0. The summed E-state index contributed by atoms with van der Waals surface area (Å²) in [7, 11) is 0. The van der Waals surface area contributed by atoms with Crippen LogP contribution in [0.25, 0.3) is 0 Å². The van der Waals surface area contributed by atoms with Crippen molar-refractivity contribution in [1.29, 1.82) is 0 Å². The van der Waals surface area contributed by atoms with E-state index in [1.165, 1.54) is 12.1 Å². The Labute approximate surface area is 110 Å². The zero-order valence-electron chi connectivity index (χ0n) is 11.0. The van der Waals surface area contributed by atoms with Crippen LogP contribution in [0.15, 0.2) is 18.2 Å². The first-order valence-electron chi connectivity index (χ1n) is 5.67. The lowest BCUT2D eigenvalue weighted by Crippen LogP contribution is -2.27. The maximum absolute atomic E-state index is 13.5. The van der Waals surface area contributed by atoms with Crippen molar-refractivity contribution in [2.24, 2.45) is 0 Å². The normalized spacial score (nSPS) is 10.9. The Morgan fingerprint density at radius 3 is 2.47 bits per heavy atom. The van der Waals surface area contributed by atoms with E-state index in [1.54, 1.807) is 20.8 Å². The molecule has 1 rings (SSSR count). The number of hydrogen-bond donors (Lipinski definition) is 2. The van der Waals surface area contributed by atoms with E-state index in [9.17, 15) is 14.0 Å². The molecule has 0 atom stereocenters. The second-order valence-corrected chi connectivity index (χ2v) is 5.00. The SMILES string of the molecule is CC(C)(C)OC(=O)Nc1ccc(CC(=O)O)c(F)c1. The van der Waals surface area contributed by atoms with Crippen molar-refractivity contribution in [3.63, 3.8) is 0 Å². The summed E-state index contributed by atoms with van der Waals surface area (Å²) in [6.45, 7) is 5.13. The molecule has 0 spiro atoms. The van der Waals surface area contributed by atoms with Gasteiger partial charge >= 0.3 is 12.1 Å². The number of halogens is 1. The number of amides is 1. The molecule has 0 fully saturated rings. The fraction of sp³-hybridized carbons (Fsp3) is 0.385. The zero-order chi connectivity index (χ0) is 14.6. The number of ether oxygens (including phenoxy) is 1. The number of benzene rings is 1. The molecule has 6 heteroatoms. The lowest BCUT2D eigenvalue weighted by Gasteiger charge is -2.19. The zero-order valence-corrected chi connectivity index (χ0v) is 11.0. The molecule has 5 nitrogen and oxygen atoms in total. The number of hydrogen-bond acceptors (Lipinski definition) is 3. The van der Waals surface area contributed by atoms with Gasteiger partial charge in [-0.2, -0.15) is 0 Å². The van der Waals surface area contributed by atoms with Crippen molar-refractivity contribution in [3.05, 3.63) is 29.6 Å². The van der Waals surface area contributed by atoms with Crippen LogP contribution in [0.5, 0.6) is 0 Å². The Balaban J connectivity index is 2.73. The van der Waals surface area contributed by atoms with Crippen LogP contribution in [0.1, 0.15) is 26.3 Å². The summed E-state index contributed by atoms with van der Waals surface area (Å²) in [5, 5.41) is 10.9. The molecule has 2 N–H and O–H groups in total. The van der Waals surface area contributed by atoms with Gasteiger partial charge in [-0.05, 0) is 38.5 Å². The molecule has 1 aromatic carbocycles. The van der Waals surface area contributed by atoms with E-state index in [-0.39, 0.29) is 11.3 Å². The third kappa shape index (κ3) is 5.37. The topological polar surface area (TPSA) is 75.6 Å². The fourth-order valence-electron chi connectivity index (χ4n) is 1.35. The van der Waals surface area contributed by atoms with Gasteiger partial charge in [0, 0.05) is 5.69 Å². The molecule has 104 valence electrons. The van der Waals surface area contributed by atoms with Crippen LogP contribution in [0.4, 0.5) is 14.9 Å². The Kier molecular flexibility index (Phi) is 4.47. The number of carboxylic acids is 1. The predicted octanol–water partition coefficient (Wildman–Crippen LogP) is 2.80. The van der Waals surface area contributed by atoms with E-state index in [2.05, 4.69) is 5.32 Å². The molecule has 19 heavy (non-hydrogen) atoms. The minimum atomic E-state index is -1.12. The van der Waals surface area contributed by atoms with Crippen LogP contribution in [-0.4, -0.2) is 22.8 Å². The molecule has 0 saturated heterocycles. The van der Waals surface area contributed by atoms with Gasteiger partial charge in [0.1, 0.15) is 11.4 Å². The van der Waals surface area contributed by atoms with E-state index in [1.807, 2.05) is 0 Å². The molecule has 0 aromatic heterocycles. The summed E-state index contributed by atoms with van der Waals surface area (Å²) in [5.41, 5.74) is -0.380. The van der Waals surface area contributed by atoms with Crippen LogP contribution < -0.4 is 5.32 Å². The first-order valence-corrected chi connectivity index (χ1v) is 5.67. The molecule has 0 heterocycles. The van der Waals surface area contributed by atoms with Gasteiger partial charge in [-0.15, -0.1) is 0 Å². The second kappa shape index (κ2) is 5.69. The Morgan fingerprint density at radius 2 is 2.00 bits per heavy atom. The summed E-state index contributed by atoms with van der Waals surface area (Å²) in [6, 6.07) is 3.80. The molecule has 0 aliphatic rings. The first-order chi connectivity index (χ1) is 8.67. The number of rotatable bonds is 3. The molecule has 1 amide bonds. The minimum Gasteiger partial charge on any atom is -0.481 e. The van der Waals surface area contributed by atoms with Crippen molar-refractivity contribution in [2.75, 3.05) is 5.32 Å². The smallest absolute Gasteiger partial charge is 0.412 e. The van der Waals surface area contributed by atoms with Gasteiger partial charge in [-0.3, -0.25) is 10.1 Å². The molecule has 0 unspecified atom stereocenters. The largest absolute Gasteiger partial charge is 0.481 e. The van der Waals surface area contributed by atoms with Crippen molar-refractivity contribution in [1.82, 2.24) is 0 Å². The van der Waals surface area contributed by atoms with Crippen molar-refractivity contribution < 1.29 is 23.8 Å². The highest BCUT2D eigenvalue weighted by molar-refractivity contribution is 5.85. The molecule has 0 aliphatic carbocycles. The van der Waals surface area contributed by atoms with Crippen LogP contribution in [0.3, 0.4) is 0 Å². The molecular formula is C13H16FNO4. The Morgan fingerprint density at radius 1 is 1.37 bits per heavy atom. The predicted molar refractivity (Wildman–Crippen MR) is 67.6 cm³/mol. The highest BCUT2D eigenvalue weighted by atomic mass is 19.1. The summed E-state index contributed by atoms with van der Waals surface area (Å²) in [6.07, 6.45) is -1.10. The number of carboxylic acid groups (broad SMARTS) is 1. The van der Waals surface area contributed by atoms with E-state index >= 15 is 0 Å². The summed E-state index contributed by atoms with van der Waals surface area (Å²) < 4.78 is 18.6. The lowest BCUT2D eigenvalue weighted by atomic mass is 10.1. The number of carbonyl (C=O) groups excluding carboxylic acids is 1. The van der Waals surface area contributed by atoms with Gasteiger partial charge in [0.15, 0.2) is 0 Å². The van der Waals surface area contributed by atoms with Crippen LogP contribution in [0.2, 0.25) is 0 Å². The van der Waals surface area contributed by atoms with Gasteiger partial charge in [0.05, 0.1) is 6.42 Å². The van der Waals surface area contributed by atoms with Crippen LogP contribution >= 0.6 is 0 Å². The maximum atomic E-state index is 13.5. The lowest BCUT2D eigenvalue weighted by molar-refractivity contribution is -0.136. The molecule has 0 radical (unpaired) electrons. The van der Waals surface area contributed by atoms with Gasteiger partial charge < -0.3 is 9.84 Å². The van der Waals surface area contributed by atoms with Crippen molar-refractivity contribution >= 4 is 17.7 Å². The summed E-state index contributed by atoms with van der Waals surface area (Å²) in [4.78, 5) is 21.9. The van der Waals surface area contributed by atoms with Crippen LogP contribution in [-0.2, 0) is 16.0 Å². The molecular weight excluding hydrogens is 253 g/mol. The first kappa shape index (κ1) is 14.9. The van der Waals surface area contributed by atoms with E-state index in [4.69, 9.17) is 9.84 Å². The average molecular weight is 269 g/mol. The number of anilines is 1. The maximum Gasteiger partial charge on any atom is 0.412 e. The standard InChI is InChI=1S/C13H16FNO4/c1-13(2,3)19-12(18)15-9-5-4-8(6-11(16)17)10(14)7-9/h4-5,7H,6H2,1-3H3,(H,15,18)(H,16,17). The molecule has 1 aromatic rings. The third-order valence-electron chi connectivity index (χ3n) is 2.04. The Bertz CT molecular complexity index is 494. The number of aliphatic carboxylic acids is 1. The number of carbonyl (C=O) groups is 2. The monoisotopic (exact) mass is 269 g/mol. The summed E-state index contributed by atoms with van der Waals surface area (Å²) in [5.74, 6) is -1.80. The minimum absolute atomic E-state index is 0.0576. The molecule has 0 aliphatic heterocycles. The molecule has 0 bridgehead atoms. The van der Waals surface area contributed by atoms with Gasteiger partial charge in [0.25, 0.3) is 0 Å². The van der Waals surface area contributed by atoms with Crippen molar-refractivity contribution in [3.8, 4) is 0 Å². The fourth-order valence-corrected chi connectivity index (χ4v) is 1.35. The van der Waals surface area contributed by atoms with Crippen molar-refractivity contribution in [2.45, 2.75) is 32.8 Å². The highest BCUT2D eigenvalue weighted by Crippen LogP contribution is 2.16. The molecule has 0 saturated carbocycles. The van der Waals surface area contributed by atoms with Crippen LogP contribution in [0, 0.1) is 5.82 Å². The van der Waals surface area contributed by atoms with E-state index in [0.717, 1.165) is 6.07 Å². The number of nitrogens with one attached hydrogen (secondary N) is 1. The highest BCUT2D eigenvalue weighted by Gasteiger charge is 2.16. The third-order valence-corrected chi connectivity index (χ3v) is 2.04. The Hall–Kier alpha value is -2.11. The second-order valence-electron chi connectivity index (χ2n) is 5.00. The van der Waals surface area contributed by atoms with Gasteiger partial charge in [-0.1, -0.05) is 6.07 Å². The van der Waals surface area contributed by atoms with E-state index < -0.39 is 29.9 Å². The van der Waals surface area contributed by atoms with Gasteiger partial charge in [-0.25, -0.2) is 9.18 Å². The quantitative estimate of drug-likeness (QED) is 0.884. The van der Waals surface area contributed by atoms with E-state index in [0.29, 0.717) is 0 Å².